The van der Waals surface area contributed by atoms with Crippen LogP contribution in [0.15, 0.2) is 47.4 Å². The molecule has 0 aliphatic rings. The van der Waals surface area contributed by atoms with E-state index in [1.165, 1.54) is 44.4 Å². The number of halogens is 3. The molecule has 178 valence electrons. The van der Waals surface area contributed by atoms with Crippen LogP contribution in [0.2, 0.25) is 0 Å². The van der Waals surface area contributed by atoms with Crippen LogP contribution in [0.3, 0.4) is 0 Å². The minimum atomic E-state index is -4.88. The number of amides is 1. The van der Waals surface area contributed by atoms with Crippen molar-refractivity contribution >= 4 is 32.7 Å². The molecule has 8 nitrogen and oxygen atoms in total. The minimum Gasteiger partial charge on any atom is -0.404 e. The summed E-state index contributed by atoms with van der Waals surface area (Å²) in [5.41, 5.74) is 1.09. The molecule has 0 radical (unpaired) electrons. The zero-order valence-corrected chi connectivity index (χ0v) is 19.0. The molecule has 0 spiro atoms. The number of ether oxygens (including phenoxy) is 1. The number of rotatable bonds is 8. The smallest absolute Gasteiger partial charge is 0.404 e. The van der Waals surface area contributed by atoms with E-state index in [9.17, 15) is 26.4 Å². The van der Waals surface area contributed by atoms with Crippen molar-refractivity contribution in [3.63, 3.8) is 0 Å². The van der Waals surface area contributed by atoms with Crippen molar-refractivity contribution in [2.75, 3.05) is 19.4 Å². The van der Waals surface area contributed by atoms with Crippen molar-refractivity contribution in [1.82, 2.24) is 13.9 Å². The highest BCUT2D eigenvalue weighted by atomic mass is 32.2. The number of nitrogens with zero attached hydrogens (tertiary/aromatic N) is 3. The second-order valence-corrected chi connectivity index (χ2v) is 9.45. The molecule has 0 fully saturated rings. The van der Waals surface area contributed by atoms with Crippen LogP contribution in [-0.2, 0) is 27.8 Å². The molecule has 33 heavy (non-hydrogen) atoms. The van der Waals surface area contributed by atoms with Crippen LogP contribution in [0.25, 0.3) is 11.0 Å². The number of alkyl halides is 3. The first-order chi connectivity index (χ1) is 15.4. The summed E-state index contributed by atoms with van der Waals surface area (Å²) in [7, 11) is -0.755. The molecule has 0 bridgehead atoms. The Morgan fingerprint density at radius 2 is 1.88 bits per heavy atom. The number of fused-ring (bicyclic) bond motifs is 1. The number of hydrogen-bond acceptors (Lipinski definition) is 5. The molecule has 0 aliphatic carbocycles. The lowest BCUT2D eigenvalue weighted by Gasteiger charge is -2.14. The molecule has 0 saturated carbocycles. The fourth-order valence-electron chi connectivity index (χ4n) is 3.30. The van der Waals surface area contributed by atoms with Crippen molar-refractivity contribution in [1.29, 1.82) is 0 Å². The van der Waals surface area contributed by atoms with E-state index in [1.54, 1.807) is 6.07 Å². The molecular weight excluding hydrogens is 461 g/mol. The first-order valence-corrected chi connectivity index (χ1v) is 11.4. The predicted octanol–water partition coefficient (Wildman–Crippen LogP) is 3.78. The molecule has 0 aliphatic heterocycles. The molecule has 0 atom stereocenters. The van der Waals surface area contributed by atoms with E-state index in [-0.39, 0.29) is 23.4 Å². The Labute approximate surface area is 189 Å². The maximum absolute atomic E-state index is 12.6. The van der Waals surface area contributed by atoms with Crippen LogP contribution in [0, 0.1) is 0 Å². The van der Waals surface area contributed by atoms with Crippen LogP contribution < -0.4 is 10.1 Å². The van der Waals surface area contributed by atoms with Gasteiger partial charge in [-0.3, -0.25) is 4.79 Å². The highest BCUT2D eigenvalue weighted by Crippen LogP contribution is 2.30. The first kappa shape index (κ1) is 24.5. The number of nitrogens with one attached hydrogen (secondary N) is 1. The van der Waals surface area contributed by atoms with Gasteiger partial charge in [0.15, 0.2) is 5.75 Å². The summed E-state index contributed by atoms with van der Waals surface area (Å²) in [6.45, 7) is 2.43. The molecular formula is C21H23F3N4O4S. The SMILES string of the molecule is CCn1c(CCC(=O)Nc2ccccc2OC(F)(F)F)nc2cc(S(=O)(=O)N(C)C)ccc21. The normalized spacial score (nSPS) is 12.3. The van der Waals surface area contributed by atoms with E-state index in [1.807, 2.05) is 11.5 Å². The van der Waals surface area contributed by atoms with Crippen molar-refractivity contribution in [2.45, 2.75) is 37.6 Å². The lowest BCUT2D eigenvalue weighted by atomic mass is 10.2. The standard InChI is InChI=1S/C21H23F3N4O4S/c1-4-28-17-10-9-14(33(30,31)27(2)3)13-16(17)25-19(28)11-12-20(29)26-15-7-5-6-8-18(15)32-21(22,23)24/h5-10,13H,4,11-12H2,1-3H3,(H,26,29). The van der Waals surface area contributed by atoms with Gasteiger partial charge >= 0.3 is 6.36 Å². The molecule has 1 N–H and O–H groups in total. The lowest BCUT2D eigenvalue weighted by molar-refractivity contribution is -0.274. The van der Waals surface area contributed by atoms with Gasteiger partial charge in [-0.05, 0) is 37.3 Å². The number of para-hydroxylation sites is 2. The van der Waals surface area contributed by atoms with Crippen molar-refractivity contribution in [3.8, 4) is 5.75 Å². The molecule has 1 amide bonds. The second-order valence-electron chi connectivity index (χ2n) is 7.30. The monoisotopic (exact) mass is 484 g/mol. The lowest BCUT2D eigenvalue weighted by Crippen LogP contribution is -2.22. The van der Waals surface area contributed by atoms with Gasteiger partial charge in [-0.2, -0.15) is 0 Å². The van der Waals surface area contributed by atoms with Crippen LogP contribution in [0.5, 0.6) is 5.75 Å². The third kappa shape index (κ3) is 5.63. The molecule has 1 heterocycles. The molecule has 0 unspecified atom stereocenters. The van der Waals surface area contributed by atoms with Gasteiger partial charge in [0, 0.05) is 33.5 Å². The average Bonchev–Trinajstić information content (AvgIpc) is 3.09. The number of benzene rings is 2. The van der Waals surface area contributed by atoms with E-state index in [2.05, 4.69) is 15.0 Å². The van der Waals surface area contributed by atoms with Gasteiger partial charge in [-0.15, -0.1) is 13.2 Å². The van der Waals surface area contributed by atoms with Gasteiger partial charge in [0.05, 0.1) is 21.6 Å². The van der Waals surface area contributed by atoms with E-state index in [4.69, 9.17) is 0 Å². The quantitative estimate of drug-likeness (QED) is 0.525. The number of sulfonamides is 1. The van der Waals surface area contributed by atoms with E-state index < -0.39 is 28.0 Å². The Bertz CT molecular complexity index is 1270. The van der Waals surface area contributed by atoms with Gasteiger partial charge in [-0.25, -0.2) is 17.7 Å². The molecule has 3 aromatic rings. The molecule has 0 saturated heterocycles. The number of carbonyl (C=O) groups is 1. The highest BCUT2D eigenvalue weighted by Gasteiger charge is 2.32. The molecule has 3 rings (SSSR count). The summed E-state index contributed by atoms with van der Waals surface area (Å²) in [4.78, 5) is 17.0. The second kappa shape index (κ2) is 9.40. The predicted molar refractivity (Wildman–Crippen MR) is 116 cm³/mol. The Morgan fingerprint density at radius 1 is 1.18 bits per heavy atom. The number of anilines is 1. The van der Waals surface area contributed by atoms with Crippen LogP contribution >= 0.6 is 0 Å². The van der Waals surface area contributed by atoms with Crippen molar-refractivity contribution in [2.24, 2.45) is 0 Å². The highest BCUT2D eigenvalue weighted by molar-refractivity contribution is 7.89. The van der Waals surface area contributed by atoms with Crippen LogP contribution in [-0.4, -0.2) is 48.6 Å². The summed E-state index contributed by atoms with van der Waals surface area (Å²) < 4.78 is 69.4. The van der Waals surface area contributed by atoms with Gasteiger partial charge < -0.3 is 14.6 Å². The maximum atomic E-state index is 12.6. The number of aromatic nitrogens is 2. The summed E-state index contributed by atoms with van der Waals surface area (Å²) in [6, 6.07) is 9.91. The van der Waals surface area contributed by atoms with E-state index in [0.29, 0.717) is 17.9 Å². The topological polar surface area (TPSA) is 93.5 Å². The van der Waals surface area contributed by atoms with E-state index in [0.717, 1.165) is 15.9 Å². The number of imidazole rings is 1. The largest absolute Gasteiger partial charge is 0.573 e. The third-order valence-electron chi connectivity index (χ3n) is 4.86. The number of aryl methyl sites for hydroxylation is 2. The summed E-state index contributed by atoms with van der Waals surface area (Å²) in [5, 5.41) is 2.43. The van der Waals surface area contributed by atoms with Gasteiger partial charge in [0.25, 0.3) is 0 Å². The number of hydrogen-bond donors (Lipinski definition) is 1. The fraction of sp³-hybridized carbons (Fsp3) is 0.333. The summed E-state index contributed by atoms with van der Waals surface area (Å²) in [5.74, 6) is -0.463. The third-order valence-corrected chi connectivity index (χ3v) is 6.67. The molecule has 12 heteroatoms. The zero-order valence-electron chi connectivity index (χ0n) is 18.2. The van der Waals surface area contributed by atoms with Crippen molar-refractivity contribution in [3.05, 3.63) is 48.3 Å². The fourth-order valence-corrected chi connectivity index (χ4v) is 4.22. The zero-order chi connectivity index (χ0) is 24.4. The Balaban J connectivity index is 1.78. The summed E-state index contributed by atoms with van der Waals surface area (Å²) in [6.07, 6.45) is -4.73. The first-order valence-electron chi connectivity index (χ1n) is 9.98. The van der Waals surface area contributed by atoms with Crippen molar-refractivity contribution < 1.29 is 31.1 Å². The Morgan fingerprint density at radius 3 is 2.52 bits per heavy atom. The van der Waals surface area contributed by atoms with Gasteiger partial charge in [0.2, 0.25) is 15.9 Å². The number of carbonyl (C=O) groups excluding carboxylic acids is 1. The van der Waals surface area contributed by atoms with Crippen LogP contribution in [0.1, 0.15) is 19.2 Å². The maximum Gasteiger partial charge on any atom is 0.573 e. The minimum absolute atomic E-state index is 0.0491. The summed E-state index contributed by atoms with van der Waals surface area (Å²) >= 11 is 0. The molecule has 1 aromatic heterocycles. The molecule has 2 aromatic carbocycles. The van der Waals surface area contributed by atoms with E-state index >= 15 is 0 Å². The average molecular weight is 485 g/mol. The van der Waals surface area contributed by atoms with Gasteiger partial charge in [0.1, 0.15) is 5.82 Å². The van der Waals surface area contributed by atoms with Gasteiger partial charge in [-0.1, -0.05) is 12.1 Å². The van der Waals surface area contributed by atoms with Crippen LogP contribution in [0.4, 0.5) is 18.9 Å². The Kier molecular flexibility index (Phi) is 6.98. The Hall–Kier alpha value is -3.12.